The van der Waals surface area contributed by atoms with E-state index in [1.165, 1.54) is 6.07 Å². The molecule has 4 rings (SSSR count). The highest BCUT2D eigenvalue weighted by molar-refractivity contribution is 6.30. The van der Waals surface area contributed by atoms with Crippen LogP contribution in [0.5, 0.6) is 0 Å². The van der Waals surface area contributed by atoms with E-state index >= 15 is 0 Å². The van der Waals surface area contributed by atoms with Crippen LogP contribution in [0.2, 0.25) is 5.02 Å². The number of halogens is 1. The maximum Gasteiger partial charge on any atom is 0.261 e. The second-order valence-corrected chi connectivity index (χ2v) is 8.25. The zero-order chi connectivity index (χ0) is 23.5. The smallest absolute Gasteiger partial charge is 0.261 e. The Kier molecular flexibility index (Phi) is 6.43. The van der Waals surface area contributed by atoms with Crippen LogP contribution in [0.15, 0.2) is 77.7 Å². The molecule has 2 heterocycles. The van der Waals surface area contributed by atoms with Crippen LogP contribution < -0.4 is 10.7 Å². The third-order valence-corrected chi connectivity index (χ3v) is 5.85. The lowest BCUT2D eigenvalue weighted by Crippen LogP contribution is -2.27. The first-order chi connectivity index (χ1) is 15.9. The van der Waals surface area contributed by atoms with Crippen molar-refractivity contribution >= 4 is 23.2 Å². The van der Waals surface area contributed by atoms with Gasteiger partial charge >= 0.3 is 0 Å². The number of hydrogen-bond acceptors (Lipinski definition) is 3. The Morgan fingerprint density at radius 2 is 1.79 bits per heavy atom. The number of rotatable bonds is 5. The van der Waals surface area contributed by atoms with Crippen LogP contribution in [0.25, 0.3) is 17.1 Å². The van der Waals surface area contributed by atoms with E-state index in [0.717, 1.165) is 28.9 Å². The number of carbonyl (C=O) groups is 1. The van der Waals surface area contributed by atoms with E-state index in [0.29, 0.717) is 22.1 Å². The Labute approximate surface area is 197 Å². The first-order valence-electron chi connectivity index (χ1n) is 10.7. The molecule has 4 aromatic rings. The molecule has 0 bridgehead atoms. The van der Waals surface area contributed by atoms with Crippen LogP contribution in [0.3, 0.4) is 0 Å². The van der Waals surface area contributed by atoms with Gasteiger partial charge in [0.2, 0.25) is 0 Å². The summed E-state index contributed by atoms with van der Waals surface area (Å²) in [6.45, 7) is 5.80. The van der Waals surface area contributed by atoms with Gasteiger partial charge in [0, 0.05) is 34.4 Å². The molecule has 0 aliphatic carbocycles. The van der Waals surface area contributed by atoms with Crippen molar-refractivity contribution in [2.75, 3.05) is 5.32 Å². The highest BCUT2D eigenvalue weighted by atomic mass is 35.5. The fourth-order valence-electron chi connectivity index (χ4n) is 4.00. The van der Waals surface area contributed by atoms with Gasteiger partial charge in [-0.3, -0.25) is 14.6 Å². The van der Waals surface area contributed by atoms with Crippen molar-refractivity contribution in [2.24, 2.45) is 0 Å². The summed E-state index contributed by atoms with van der Waals surface area (Å²) in [6, 6.07) is 20.0. The van der Waals surface area contributed by atoms with Gasteiger partial charge in [-0.1, -0.05) is 42.8 Å². The van der Waals surface area contributed by atoms with Gasteiger partial charge in [0.15, 0.2) is 5.43 Å². The lowest BCUT2D eigenvalue weighted by Gasteiger charge is -2.20. The van der Waals surface area contributed by atoms with Crippen molar-refractivity contribution in [2.45, 2.75) is 27.2 Å². The molecule has 0 radical (unpaired) electrons. The van der Waals surface area contributed by atoms with Crippen molar-refractivity contribution < 1.29 is 4.79 Å². The molecular formula is C27H24ClN3O2. The van der Waals surface area contributed by atoms with Crippen molar-refractivity contribution in [3.05, 3.63) is 111 Å². The van der Waals surface area contributed by atoms with E-state index in [4.69, 9.17) is 11.6 Å². The van der Waals surface area contributed by atoms with Gasteiger partial charge in [0.25, 0.3) is 5.91 Å². The number of amides is 1. The van der Waals surface area contributed by atoms with Crippen LogP contribution in [0, 0.1) is 13.8 Å². The predicted octanol–water partition coefficient (Wildman–Crippen LogP) is 5.98. The summed E-state index contributed by atoms with van der Waals surface area (Å²) in [6.07, 6.45) is 2.40. The van der Waals surface area contributed by atoms with Gasteiger partial charge in [0.05, 0.1) is 11.4 Å². The molecule has 0 unspecified atom stereocenters. The largest absolute Gasteiger partial charge is 0.321 e. The Balaban J connectivity index is 1.97. The SMILES string of the molecule is CCc1cccc(C)c1NC(=O)c1c(-c2ccccn2)n(-c2ccc(Cl)cc2)c(C)cc1=O. The summed E-state index contributed by atoms with van der Waals surface area (Å²) >= 11 is 6.10. The molecule has 5 nitrogen and oxygen atoms in total. The molecule has 2 aromatic heterocycles. The fraction of sp³-hybridized carbons (Fsp3) is 0.148. The molecule has 6 heteroatoms. The van der Waals surface area contributed by atoms with Gasteiger partial charge in [-0.25, -0.2) is 0 Å². The average Bonchev–Trinajstić information content (AvgIpc) is 2.81. The van der Waals surface area contributed by atoms with Crippen molar-refractivity contribution in [3.63, 3.8) is 0 Å². The number of carbonyl (C=O) groups excluding carboxylic acids is 1. The van der Waals surface area contributed by atoms with E-state index in [1.54, 1.807) is 30.5 Å². The number of aryl methyl sites for hydroxylation is 3. The number of nitrogens with one attached hydrogen (secondary N) is 1. The highest BCUT2D eigenvalue weighted by Crippen LogP contribution is 2.28. The number of nitrogens with zero attached hydrogens (tertiary/aromatic N) is 2. The summed E-state index contributed by atoms with van der Waals surface area (Å²) in [5.74, 6) is -0.465. The molecule has 1 amide bonds. The molecule has 33 heavy (non-hydrogen) atoms. The maximum absolute atomic E-state index is 13.6. The van der Waals surface area contributed by atoms with Gasteiger partial charge in [-0.05, 0) is 67.8 Å². The zero-order valence-electron chi connectivity index (χ0n) is 18.7. The molecule has 0 fully saturated rings. The summed E-state index contributed by atoms with van der Waals surface area (Å²) in [7, 11) is 0. The molecule has 2 aromatic carbocycles. The van der Waals surface area contributed by atoms with Crippen LogP contribution in [-0.4, -0.2) is 15.5 Å². The summed E-state index contributed by atoms with van der Waals surface area (Å²) < 4.78 is 1.87. The third kappa shape index (κ3) is 4.45. The van der Waals surface area contributed by atoms with Crippen LogP contribution >= 0.6 is 11.6 Å². The monoisotopic (exact) mass is 457 g/mol. The van der Waals surface area contributed by atoms with E-state index in [1.807, 2.05) is 61.7 Å². The van der Waals surface area contributed by atoms with Crippen LogP contribution in [-0.2, 0) is 6.42 Å². The van der Waals surface area contributed by atoms with Crippen molar-refractivity contribution in [1.82, 2.24) is 9.55 Å². The molecule has 0 aliphatic rings. The van der Waals surface area contributed by atoms with Crippen molar-refractivity contribution in [3.8, 4) is 17.1 Å². The van der Waals surface area contributed by atoms with Crippen LogP contribution in [0.4, 0.5) is 5.69 Å². The Hall–Kier alpha value is -3.70. The Morgan fingerprint density at radius 1 is 1.03 bits per heavy atom. The zero-order valence-corrected chi connectivity index (χ0v) is 19.5. The van der Waals surface area contributed by atoms with Gasteiger partial charge in [0.1, 0.15) is 5.56 Å². The fourth-order valence-corrected chi connectivity index (χ4v) is 4.12. The van der Waals surface area contributed by atoms with Gasteiger partial charge < -0.3 is 9.88 Å². The summed E-state index contributed by atoms with van der Waals surface area (Å²) in [4.78, 5) is 31.3. The maximum atomic E-state index is 13.6. The summed E-state index contributed by atoms with van der Waals surface area (Å²) in [5, 5.41) is 3.60. The number of para-hydroxylation sites is 1. The lowest BCUT2D eigenvalue weighted by atomic mass is 10.0. The number of benzene rings is 2. The minimum Gasteiger partial charge on any atom is -0.321 e. The van der Waals surface area contributed by atoms with E-state index in [-0.39, 0.29) is 11.0 Å². The average molecular weight is 458 g/mol. The van der Waals surface area contributed by atoms with Crippen LogP contribution in [0.1, 0.15) is 34.1 Å². The topological polar surface area (TPSA) is 64.0 Å². The number of hydrogen-bond donors (Lipinski definition) is 1. The van der Waals surface area contributed by atoms with Gasteiger partial charge in [-0.2, -0.15) is 0 Å². The Bertz CT molecular complexity index is 1380. The molecule has 0 spiro atoms. The molecular weight excluding hydrogens is 434 g/mol. The molecule has 0 saturated heterocycles. The minimum atomic E-state index is -0.465. The van der Waals surface area contributed by atoms with E-state index in [2.05, 4.69) is 10.3 Å². The number of pyridine rings is 2. The predicted molar refractivity (Wildman–Crippen MR) is 134 cm³/mol. The first-order valence-corrected chi connectivity index (χ1v) is 11.1. The first kappa shape index (κ1) is 22.5. The summed E-state index contributed by atoms with van der Waals surface area (Å²) in [5.41, 5.74) is 4.78. The lowest BCUT2D eigenvalue weighted by molar-refractivity contribution is 0.102. The van der Waals surface area contributed by atoms with E-state index in [9.17, 15) is 9.59 Å². The molecule has 0 atom stereocenters. The quantitative estimate of drug-likeness (QED) is 0.400. The number of aromatic nitrogens is 2. The van der Waals surface area contributed by atoms with Gasteiger partial charge in [-0.15, -0.1) is 0 Å². The second-order valence-electron chi connectivity index (χ2n) is 7.82. The Morgan fingerprint density at radius 3 is 2.45 bits per heavy atom. The number of anilines is 1. The normalized spacial score (nSPS) is 10.8. The standard InChI is InChI=1S/C27H24ClN3O2/c1-4-19-9-7-8-17(2)25(19)30-27(33)24-23(32)16-18(3)31(21-13-11-20(28)12-14-21)26(24)22-10-5-6-15-29-22/h5-16H,4H2,1-3H3,(H,30,33). The molecule has 0 aliphatic heterocycles. The van der Waals surface area contributed by atoms with Crippen molar-refractivity contribution in [1.29, 1.82) is 0 Å². The highest BCUT2D eigenvalue weighted by Gasteiger charge is 2.24. The third-order valence-electron chi connectivity index (χ3n) is 5.60. The molecule has 0 saturated carbocycles. The molecule has 1 N–H and O–H groups in total. The van der Waals surface area contributed by atoms with E-state index < -0.39 is 5.91 Å². The second kappa shape index (κ2) is 9.43. The molecule has 166 valence electrons. The minimum absolute atomic E-state index is 0.0413.